The summed E-state index contributed by atoms with van der Waals surface area (Å²) in [6.45, 7) is 9.94. The molecule has 1 aromatic rings. The maximum atomic E-state index is 13.5. The number of ether oxygens (including phenoxy) is 1. The lowest BCUT2D eigenvalue weighted by Crippen LogP contribution is -2.49. The van der Waals surface area contributed by atoms with E-state index in [9.17, 15) is 18.0 Å². The van der Waals surface area contributed by atoms with Crippen molar-refractivity contribution < 1.29 is 22.7 Å². The standard InChI is InChI=1S/C21H32N2O5S/c1-7-22(13-17(5)21(25)28-6)20(24)18-9-8-10-23(18)29(26,27)19-15(3)11-14(2)12-16(19)4/h11-12,17-18H,7-10,13H2,1-6H3. The number of benzene rings is 1. The first-order valence-corrected chi connectivity index (χ1v) is 11.4. The normalized spacial score (nSPS) is 18.5. The number of nitrogens with zero attached hydrogens (tertiary/aromatic N) is 2. The third kappa shape index (κ3) is 4.80. The highest BCUT2D eigenvalue weighted by molar-refractivity contribution is 7.89. The first kappa shape index (κ1) is 23.3. The summed E-state index contributed by atoms with van der Waals surface area (Å²) < 4.78 is 33.0. The van der Waals surface area contributed by atoms with Crippen LogP contribution in [0.25, 0.3) is 0 Å². The van der Waals surface area contributed by atoms with Crippen LogP contribution in [0.4, 0.5) is 0 Å². The zero-order valence-corrected chi connectivity index (χ0v) is 19.0. The second-order valence-corrected chi connectivity index (χ2v) is 9.63. The van der Waals surface area contributed by atoms with E-state index >= 15 is 0 Å². The molecule has 0 aromatic heterocycles. The van der Waals surface area contributed by atoms with Crippen LogP contribution in [0.1, 0.15) is 43.4 Å². The molecule has 1 amide bonds. The third-order valence-electron chi connectivity index (χ3n) is 5.45. The van der Waals surface area contributed by atoms with E-state index in [0.717, 1.165) is 5.56 Å². The number of carbonyl (C=O) groups is 2. The summed E-state index contributed by atoms with van der Waals surface area (Å²) in [4.78, 5) is 26.8. The fourth-order valence-electron chi connectivity index (χ4n) is 4.16. The monoisotopic (exact) mass is 424 g/mol. The van der Waals surface area contributed by atoms with E-state index in [0.29, 0.717) is 37.1 Å². The second kappa shape index (κ2) is 9.26. The quantitative estimate of drug-likeness (QED) is 0.628. The van der Waals surface area contributed by atoms with E-state index in [4.69, 9.17) is 4.74 Å². The van der Waals surface area contributed by atoms with Crippen molar-refractivity contribution in [3.05, 3.63) is 28.8 Å². The number of esters is 1. The summed E-state index contributed by atoms with van der Waals surface area (Å²) >= 11 is 0. The summed E-state index contributed by atoms with van der Waals surface area (Å²) in [7, 11) is -2.49. The Morgan fingerprint density at radius 3 is 2.34 bits per heavy atom. The van der Waals surface area contributed by atoms with E-state index in [1.54, 1.807) is 25.7 Å². The van der Waals surface area contributed by atoms with E-state index < -0.39 is 28.0 Å². The predicted molar refractivity (Wildman–Crippen MR) is 111 cm³/mol. The molecule has 0 saturated carbocycles. The Morgan fingerprint density at radius 1 is 1.24 bits per heavy atom. The van der Waals surface area contributed by atoms with Crippen LogP contribution in [-0.2, 0) is 24.3 Å². The first-order valence-electron chi connectivity index (χ1n) is 10.0. The molecule has 0 bridgehead atoms. The van der Waals surface area contributed by atoms with Crippen molar-refractivity contribution in [2.75, 3.05) is 26.7 Å². The molecule has 1 heterocycles. The van der Waals surface area contributed by atoms with E-state index in [1.807, 2.05) is 26.0 Å². The van der Waals surface area contributed by atoms with E-state index in [-0.39, 0.29) is 17.3 Å². The highest BCUT2D eigenvalue weighted by Gasteiger charge is 2.42. The Morgan fingerprint density at radius 2 is 1.83 bits per heavy atom. The lowest BCUT2D eigenvalue weighted by atomic mass is 10.1. The predicted octanol–water partition coefficient (Wildman–Crippen LogP) is 2.42. The number of hydrogen-bond acceptors (Lipinski definition) is 5. The molecule has 1 aliphatic heterocycles. The maximum absolute atomic E-state index is 13.5. The summed E-state index contributed by atoms with van der Waals surface area (Å²) in [5.74, 6) is -1.12. The first-order chi connectivity index (χ1) is 13.5. The molecule has 1 saturated heterocycles. The van der Waals surface area contributed by atoms with Crippen LogP contribution in [0.3, 0.4) is 0 Å². The van der Waals surface area contributed by atoms with E-state index in [1.165, 1.54) is 11.4 Å². The average Bonchev–Trinajstić information content (AvgIpc) is 3.14. The van der Waals surface area contributed by atoms with Crippen molar-refractivity contribution in [1.29, 1.82) is 0 Å². The fourth-order valence-corrected chi connectivity index (χ4v) is 6.22. The van der Waals surface area contributed by atoms with Gasteiger partial charge in [0.25, 0.3) is 0 Å². The van der Waals surface area contributed by atoms with Gasteiger partial charge in [-0.3, -0.25) is 9.59 Å². The number of rotatable bonds is 7. The number of methoxy groups -OCH3 is 1. The summed E-state index contributed by atoms with van der Waals surface area (Å²) in [6.07, 6.45) is 1.11. The lowest BCUT2D eigenvalue weighted by Gasteiger charge is -2.31. The van der Waals surface area contributed by atoms with Crippen molar-refractivity contribution >= 4 is 21.9 Å². The Labute approximate surface area is 174 Å². The second-order valence-electron chi connectivity index (χ2n) is 7.80. The molecule has 1 fully saturated rings. The molecule has 8 heteroatoms. The van der Waals surface area contributed by atoms with Crippen LogP contribution < -0.4 is 0 Å². The van der Waals surface area contributed by atoms with Crippen molar-refractivity contribution in [3.63, 3.8) is 0 Å². The topological polar surface area (TPSA) is 84.0 Å². The Hall–Kier alpha value is -1.93. The molecular weight excluding hydrogens is 392 g/mol. The zero-order valence-electron chi connectivity index (χ0n) is 18.2. The van der Waals surface area contributed by atoms with Crippen molar-refractivity contribution in [2.24, 2.45) is 5.92 Å². The van der Waals surface area contributed by atoms with Crippen molar-refractivity contribution in [3.8, 4) is 0 Å². The smallest absolute Gasteiger partial charge is 0.310 e. The van der Waals surface area contributed by atoms with Crippen molar-refractivity contribution in [1.82, 2.24) is 9.21 Å². The van der Waals surface area contributed by atoms with Gasteiger partial charge in [-0.2, -0.15) is 4.31 Å². The van der Waals surface area contributed by atoms with Crippen LogP contribution in [0.5, 0.6) is 0 Å². The average molecular weight is 425 g/mol. The van der Waals surface area contributed by atoms with Gasteiger partial charge >= 0.3 is 5.97 Å². The number of hydrogen-bond donors (Lipinski definition) is 0. The molecular formula is C21H32N2O5S. The minimum absolute atomic E-state index is 0.203. The summed E-state index contributed by atoms with van der Waals surface area (Å²) in [6, 6.07) is 2.96. The van der Waals surface area contributed by atoms with Gasteiger partial charge in [-0.15, -0.1) is 0 Å². The molecule has 162 valence electrons. The molecule has 7 nitrogen and oxygen atoms in total. The van der Waals surface area contributed by atoms with Crippen LogP contribution >= 0.6 is 0 Å². The van der Waals surface area contributed by atoms with Gasteiger partial charge in [0.05, 0.1) is 17.9 Å². The van der Waals surface area contributed by atoms with Gasteiger partial charge < -0.3 is 9.64 Å². The van der Waals surface area contributed by atoms with Crippen LogP contribution in [-0.4, -0.2) is 62.3 Å². The van der Waals surface area contributed by atoms with Crippen LogP contribution in [0.15, 0.2) is 17.0 Å². The van der Waals surface area contributed by atoms with Gasteiger partial charge in [0, 0.05) is 19.6 Å². The Bertz CT molecular complexity index is 858. The Kier molecular flexibility index (Phi) is 7.45. The van der Waals surface area contributed by atoms with Gasteiger partial charge in [0.1, 0.15) is 6.04 Å². The lowest BCUT2D eigenvalue weighted by molar-refractivity contribution is -0.146. The number of likely N-dealkylation sites (N-methyl/N-ethyl adjacent to an activating group) is 1. The van der Waals surface area contributed by atoms with Gasteiger partial charge in [-0.05, 0) is 51.7 Å². The number of sulfonamides is 1. The maximum Gasteiger partial charge on any atom is 0.310 e. The fraction of sp³-hybridized carbons (Fsp3) is 0.619. The molecule has 0 aliphatic carbocycles. The van der Waals surface area contributed by atoms with Crippen LogP contribution in [0.2, 0.25) is 0 Å². The molecule has 0 radical (unpaired) electrons. The number of carbonyl (C=O) groups excluding carboxylic acids is 2. The molecule has 2 atom stereocenters. The highest BCUT2D eigenvalue weighted by atomic mass is 32.2. The number of amides is 1. The number of aryl methyl sites for hydroxylation is 3. The molecule has 0 N–H and O–H groups in total. The molecule has 1 aromatic carbocycles. The highest BCUT2D eigenvalue weighted by Crippen LogP contribution is 2.31. The van der Waals surface area contributed by atoms with E-state index in [2.05, 4.69) is 0 Å². The van der Waals surface area contributed by atoms with Crippen molar-refractivity contribution in [2.45, 2.75) is 58.4 Å². The zero-order chi connectivity index (χ0) is 21.9. The van der Waals surface area contributed by atoms with Gasteiger partial charge in [-0.1, -0.05) is 24.6 Å². The van der Waals surface area contributed by atoms with Gasteiger partial charge in [0.15, 0.2) is 0 Å². The minimum Gasteiger partial charge on any atom is -0.469 e. The molecule has 1 aliphatic rings. The minimum atomic E-state index is -3.81. The van der Waals surface area contributed by atoms with Gasteiger partial charge in [-0.25, -0.2) is 8.42 Å². The molecule has 2 unspecified atom stereocenters. The molecule has 0 spiro atoms. The largest absolute Gasteiger partial charge is 0.469 e. The third-order valence-corrected chi connectivity index (χ3v) is 7.67. The Balaban J connectivity index is 2.33. The van der Waals surface area contributed by atoms with Gasteiger partial charge in [0.2, 0.25) is 15.9 Å². The summed E-state index contributed by atoms with van der Waals surface area (Å²) in [5, 5.41) is 0. The molecule has 2 rings (SSSR count). The van der Waals surface area contributed by atoms with Crippen LogP contribution in [0, 0.1) is 26.7 Å². The molecule has 29 heavy (non-hydrogen) atoms. The summed E-state index contributed by atoms with van der Waals surface area (Å²) in [5.41, 5.74) is 2.38. The SMILES string of the molecule is CCN(CC(C)C(=O)OC)C(=O)C1CCCN1S(=O)(=O)c1c(C)cc(C)cc1C.